The lowest BCUT2D eigenvalue weighted by Gasteiger charge is -2.35. The van der Waals surface area contributed by atoms with Crippen LogP contribution in [0.2, 0.25) is 0 Å². The molecular formula is C21H21NO3. The summed E-state index contributed by atoms with van der Waals surface area (Å²) in [4.78, 5) is 27.8. The van der Waals surface area contributed by atoms with Gasteiger partial charge in [-0.2, -0.15) is 0 Å². The molecular weight excluding hydrogens is 314 g/mol. The SMILES string of the molecule is O=C1[C@@H]2[C@H]3O[C@@H]([C@@H]2C(=O)N1c1ccccc1)[C@@H]1[C@@H]3[C@H]2CC[C@H]1C21CC1. The molecule has 0 radical (unpaired) electrons. The van der Waals surface area contributed by atoms with Crippen LogP contribution in [-0.2, 0) is 14.3 Å². The summed E-state index contributed by atoms with van der Waals surface area (Å²) in [6.45, 7) is 0. The molecule has 128 valence electrons. The zero-order valence-corrected chi connectivity index (χ0v) is 14.0. The van der Waals surface area contributed by atoms with Crippen molar-refractivity contribution in [1.82, 2.24) is 0 Å². The number of carbonyl (C=O) groups excluding carboxylic acids is 2. The molecule has 25 heavy (non-hydrogen) atoms. The van der Waals surface area contributed by atoms with Gasteiger partial charge in [-0.15, -0.1) is 0 Å². The molecule has 0 N–H and O–H groups in total. The maximum atomic E-state index is 13.2. The molecule has 4 bridgehead atoms. The molecule has 4 nitrogen and oxygen atoms in total. The molecule has 6 aliphatic rings. The quantitative estimate of drug-likeness (QED) is 0.741. The number of hydrogen-bond donors (Lipinski definition) is 0. The third kappa shape index (κ3) is 1.30. The Hall–Kier alpha value is -1.68. The van der Waals surface area contributed by atoms with E-state index in [2.05, 4.69) is 0 Å². The maximum absolute atomic E-state index is 13.2. The first-order chi connectivity index (χ1) is 12.2. The summed E-state index contributed by atoms with van der Waals surface area (Å²) in [5, 5.41) is 0. The van der Waals surface area contributed by atoms with Gasteiger partial charge in [0.05, 0.1) is 29.7 Å². The Balaban J connectivity index is 1.31. The summed E-state index contributed by atoms with van der Waals surface area (Å²) in [7, 11) is 0. The van der Waals surface area contributed by atoms with E-state index in [4.69, 9.17) is 4.74 Å². The average molecular weight is 335 g/mol. The van der Waals surface area contributed by atoms with Crippen LogP contribution in [0.1, 0.15) is 25.7 Å². The van der Waals surface area contributed by atoms with Crippen molar-refractivity contribution in [1.29, 1.82) is 0 Å². The number of imide groups is 1. The van der Waals surface area contributed by atoms with E-state index < -0.39 is 0 Å². The van der Waals surface area contributed by atoms with Crippen molar-refractivity contribution in [3.63, 3.8) is 0 Å². The van der Waals surface area contributed by atoms with Gasteiger partial charge in [-0.3, -0.25) is 9.59 Å². The highest BCUT2D eigenvalue weighted by atomic mass is 16.5. The number of benzene rings is 1. The highest BCUT2D eigenvalue weighted by Gasteiger charge is 2.79. The molecule has 3 aliphatic carbocycles. The third-order valence-corrected chi connectivity index (χ3v) is 8.66. The molecule has 2 amide bonds. The van der Waals surface area contributed by atoms with Crippen LogP contribution in [0.15, 0.2) is 30.3 Å². The number of ether oxygens (including phenoxy) is 1. The highest BCUT2D eigenvalue weighted by molar-refractivity contribution is 6.22. The number of carbonyl (C=O) groups is 2. The minimum absolute atomic E-state index is 0.00191. The van der Waals surface area contributed by atoms with Gasteiger partial charge in [0.1, 0.15) is 0 Å². The number of fused-ring (bicyclic) bond motifs is 10. The van der Waals surface area contributed by atoms with Crippen molar-refractivity contribution < 1.29 is 14.3 Å². The number of hydrogen-bond acceptors (Lipinski definition) is 3. The van der Waals surface area contributed by atoms with Gasteiger partial charge in [0.25, 0.3) is 0 Å². The second kappa shape index (κ2) is 4.01. The molecule has 0 unspecified atom stereocenters. The van der Waals surface area contributed by atoms with Crippen molar-refractivity contribution in [3.8, 4) is 0 Å². The van der Waals surface area contributed by atoms with E-state index in [0.29, 0.717) is 17.3 Å². The Morgan fingerprint density at radius 1 is 0.880 bits per heavy atom. The van der Waals surface area contributed by atoms with E-state index in [1.807, 2.05) is 30.3 Å². The molecule has 1 spiro atoms. The zero-order valence-electron chi connectivity index (χ0n) is 14.0. The van der Waals surface area contributed by atoms with Crippen molar-refractivity contribution in [2.75, 3.05) is 4.90 Å². The zero-order chi connectivity index (χ0) is 16.5. The lowest BCUT2D eigenvalue weighted by Crippen LogP contribution is -2.43. The maximum Gasteiger partial charge on any atom is 0.240 e. The Bertz CT molecular complexity index is 772. The van der Waals surface area contributed by atoms with Gasteiger partial charge in [0.15, 0.2) is 0 Å². The highest BCUT2D eigenvalue weighted by Crippen LogP contribution is 2.79. The second-order valence-electron chi connectivity index (χ2n) is 9.14. The summed E-state index contributed by atoms with van der Waals surface area (Å²) in [5.74, 6) is 2.11. The van der Waals surface area contributed by atoms with Gasteiger partial charge < -0.3 is 4.74 Å². The smallest absolute Gasteiger partial charge is 0.240 e. The predicted octanol–water partition coefficient (Wildman–Crippen LogP) is 2.63. The summed E-state index contributed by atoms with van der Waals surface area (Å²) in [5.41, 5.74) is 1.30. The molecule has 0 aromatic heterocycles. The van der Waals surface area contributed by atoms with Crippen LogP contribution in [-0.4, -0.2) is 24.0 Å². The van der Waals surface area contributed by atoms with E-state index in [1.165, 1.54) is 30.6 Å². The fourth-order valence-corrected chi connectivity index (χ4v) is 7.93. The fourth-order valence-electron chi connectivity index (χ4n) is 7.93. The second-order valence-corrected chi connectivity index (χ2v) is 9.14. The van der Waals surface area contributed by atoms with Crippen molar-refractivity contribution in [3.05, 3.63) is 30.3 Å². The minimum atomic E-state index is -0.228. The van der Waals surface area contributed by atoms with Crippen LogP contribution in [0.4, 0.5) is 5.69 Å². The average Bonchev–Trinajstić information content (AvgIpc) is 2.88. The van der Waals surface area contributed by atoms with E-state index in [1.54, 1.807) is 0 Å². The number of anilines is 1. The predicted molar refractivity (Wildman–Crippen MR) is 89.4 cm³/mol. The summed E-state index contributed by atoms with van der Waals surface area (Å²) in [6, 6.07) is 9.42. The first-order valence-corrected chi connectivity index (χ1v) is 9.81. The monoisotopic (exact) mass is 335 g/mol. The molecule has 3 heterocycles. The Morgan fingerprint density at radius 2 is 1.44 bits per heavy atom. The van der Waals surface area contributed by atoms with Gasteiger partial charge in [0.2, 0.25) is 11.8 Å². The van der Waals surface area contributed by atoms with E-state index >= 15 is 0 Å². The van der Waals surface area contributed by atoms with Crippen LogP contribution < -0.4 is 4.90 Å². The summed E-state index contributed by atoms with van der Waals surface area (Å²) < 4.78 is 6.36. The number of para-hydroxylation sites is 1. The lowest BCUT2D eigenvalue weighted by molar-refractivity contribution is -0.125. The number of nitrogens with zero attached hydrogens (tertiary/aromatic N) is 1. The van der Waals surface area contributed by atoms with Crippen LogP contribution in [0.25, 0.3) is 0 Å². The first kappa shape index (κ1) is 13.5. The largest absolute Gasteiger partial charge is 0.373 e. The first-order valence-electron chi connectivity index (χ1n) is 9.81. The van der Waals surface area contributed by atoms with Gasteiger partial charge >= 0.3 is 0 Å². The van der Waals surface area contributed by atoms with E-state index in [-0.39, 0.29) is 35.9 Å². The Kier molecular flexibility index (Phi) is 2.17. The Labute approximate surface area is 146 Å². The standard InChI is InChI=1S/C21H21NO3/c23-19-15-16(20(24)22(19)10-4-2-1-3-5-10)18-14-12-7-6-11(21(12)8-9-21)13(14)17(15)25-18/h1-5,11-18H,6-9H2/t11-,12-,13+,14+,15-,16+,17-,18+/m1/s1. The minimum Gasteiger partial charge on any atom is -0.373 e. The van der Waals surface area contributed by atoms with E-state index in [0.717, 1.165) is 17.5 Å². The van der Waals surface area contributed by atoms with Gasteiger partial charge in [-0.05, 0) is 66.9 Å². The van der Waals surface area contributed by atoms with Gasteiger partial charge in [0, 0.05) is 0 Å². The van der Waals surface area contributed by atoms with Crippen molar-refractivity contribution in [2.24, 2.45) is 40.9 Å². The van der Waals surface area contributed by atoms with E-state index in [9.17, 15) is 9.59 Å². The molecule has 7 rings (SSSR count). The van der Waals surface area contributed by atoms with Crippen LogP contribution in [0.3, 0.4) is 0 Å². The van der Waals surface area contributed by atoms with Gasteiger partial charge in [-0.1, -0.05) is 18.2 Å². The van der Waals surface area contributed by atoms with Gasteiger partial charge in [-0.25, -0.2) is 4.90 Å². The fraction of sp³-hybridized carbons (Fsp3) is 0.619. The molecule has 3 saturated carbocycles. The molecule has 1 aromatic carbocycles. The summed E-state index contributed by atoms with van der Waals surface area (Å²) in [6.07, 6.45) is 5.39. The lowest BCUT2D eigenvalue weighted by atomic mass is 9.64. The molecule has 1 aromatic rings. The normalized spacial score (nSPS) is 50.0. The third-order valence-electron chi connectivity index (χ3n) is 8.66. The Morgan fingerprint density at radius 3 is 1.96 bits per heavy atom. The van der Waals surface area contributed by atoms with Crippen LogP contribution >= 0.6 is 0 Å². The molecule has 3 saturated heterocycles. The number of amides is 2. The van der Waals surface area contributed by atoms with Crippen LogP contribution in [0, 0.1) is 40.9 Å². The van der Waals surface area contributed by atoms with Crippen molar-refractivity contribution >= 4 is 17.5 Å². The molecule has 3 aliphatic heterocycles. The molecule has 8 atom stereocenters. The molecule has 6 fully saturated rings. The van der Waals surface area contributed by atoms with Crippen molar-refractivity contribution in [2.45, 2.75) is 37.9 Å². The number of rotatable bonds is 1. The van der Waals surface area contributed by atoms with Crippen LogP contribution in [0.5, 0.6) is 0 Å². The topological polar surface area (TPSA) is 46.6 Å². The molecule has 4 heteroatoms. The summed E-state index contributed by atoms with van der Waals surface area (Å²) >= 11 is 0.